The van der Waals surface area contributed by atoms with Crippen LogP contribution >= 0.6 is 24.0 Å². The van der Waals surface area contributed by atoms with Crippen LogP contribution < -0.4 is 4.90 Å². The average molecular weight is 367 g/mol. The summed E-state index contributed by atoms with van der Waals surface area (Å²) in [5.74, 6) is 0. The molecule has 0 spiro atoms. The van der Waals surface area contributed by atoms with E-state index in [1.807, 2.05) is 0 Å². The normalized spacial score (nSPS) is 20.2. The van der Waals surface area contributed by atoms with Crippen LogP contribution in [-0.2, 0) is 5.41 Å². The lowest BCUT2D eigenvalue weighted by Crippen LogP contribution is -2.38. The molecule has 1 atom stereocenters. The van der Waals surface area contributed by atoms with E-state index in [9.17, 15) is 0 Å². The van der Waals surface area contributed by atoms with Crippen molar-refractivity contribution in [3.05, 3.63) is 42.0 Å². The van der Waals surface area contributed by atoms with Crippen LogP contribution in [0.3, 0.4) is 0 Å². The number of halogens is 1. The number of nitrogens with zero attached hydrogens (tertiary/aromatic N) is 1. The highest BCUT2D eigenvalue weighted by atomic mass is 127. The first-order chi connectivity index (χ1) is 8.57. The molecule has 1 aliphatic rings. The Morgan fingerprint density at radius 2 is 1.79 bits per heavy atom. The van der Waals surface area contributed by atoms with Crippen LogP contribution in [0.4, 0.5) is 5.69 Å². The highest BCUT2D eigenvalue weighted by molar-refractivity contribution is 14.0. The van der Waals surface area contributed by atoms with E-state index in [1.54, 1.807) is 0 Å². The van der Waals surface area contributed by atoms with Gasteiger partial charge in [-0.3, -0.25) is 0 Å². The average Bonchev–Trinajstić information content (AvgIpc) is 2.58. The fourth-order valence-corrected chi connectivity index (χ4v) is 3.32. The van der Waals surface area contributed by atoms with Crippen LogP contribution in [-0.4, -0.2) is 12.6 Å². The van der Waals surface area contributed by atoms with Crippen LogP contribution in [0.2, 0.25) is 0 Å². The van der Waals surface area contributed by atoms with Crippen LogP contribution in [0, 0.1) is 0 Å². The molecule has 2 heteroatoms. The molecule has 0 radical (unpaired) electrons. The van der Waals surface area contributed by atoms with Gasteiger partial charge in [0.15, 0.2) is 0 Å². The molecular weight excluding hydrogens is 345 g/mol. The molecule has 0 saturated carbocycles. The number of rotatable bonds is 1. The van der Waals surface area contributed by atoms with Crippen molar-refractivity contribution >= 4 is 40.4 Å². The molecule has 0 N–H and O–H groups in total. The van der Waals surface area contributed by atoms with Gasteiger partial charge in [0, 0.05) is 29.1 Å². The Hall–Kier alpha value is -0.770. The smallest absolute Gasteiger partial charge is 0.0487 e. The zero-order valence-electron chi connectivity index (χ0n) is 12.1. The third-order valence-electron chi connectivity index (χ3n) is 4.73. The van der Waals surface area contributed by atoms with Gasteiger partial charge in [0.05, 0.1) is 0 Å². The molecule has 1 aliphatic heterocycles. The maximum atomic E-state index is 2.55. The van der Waals surface area contributed by atoms with Gasteiger partial charge in [-0.05, 0) is 24.8 Å². The summed E-state index contributed by atoms with van der Waals surface area (Å²) in [4.78, 5) is 2.55. The van der Waals surface area contributed by atoms with Crippen molar-refractivity contribution in [2.45, 2.75) is 39.2 Å². The summed E-state index contributed by atoms with van der Waals surface area (Å²) in [7, 11) is 0. The minimum absolute atomic E-state index is 0. The maximum absolute atomic E-state index is 2.55. The van der Waals surface area contributed by atoms with E-state index in [2.05, 4.69) is 69.0 Å². The number of benzene rings is 2. The number of fused-ring (bicyclic) bond motifs is 3. The lowest BCUT2D eigenvalue weighted by molar-refractivity contribution is 0.445. The fraction of sp³-hybridized carbons (Fsp3) is 0.412. The van der Waals surface area contributed by atoms with Gasteiger partial charge in [-0.1, -0.05) is 50.2 Å². The molecule has 0 fully saturated rings. The van der Waals surface area contributed by atoms with Gasteiger partial charge in [-0.2, -0.15) is 0 Å². The van der Waals surface area contributed by atoms with Gasteiger partial charge in [-0.25, -0.2) is 0 Å². The second-order valence-electron chi connectivity index (χ2n) is 5.87. The Labute approximate surface area is 133 Å². The first-order valence-corrected chi connectivity index (χ1v) is 6.86. The van der Waals surface area contributed by atoms with Crippen LogP contribution in [0.5, 0.6) is 0 Å². The Kier molecular flexibility index (Phi) is 3.83. The predicted molar refractivity (Wildman–Crippen MR) is 94.9 cm³/mol. The minimum atomic E-state index is 0. The summed E-state index contributed by atoms with van der Waals surface area (Å²) in [6, 6.07) is 13.9. The van der Waals surface area contributed by atoms with E-state index in [0.717, 1.165) is 6.54 Å². The van der Waals surface area contributed by atoms with Gasteiger partial charge in [0.1, 0.15) is 0 Å². The van der Waals surface area contributed by atoms with Gasteiger partial charge in [0.2, 0.25) is 0 Å². The van der Waals surface area contributed by atoms with Gasteiger partial charge >= 0.3 is 0 Å². The minimum Gasteiger partial charge on any atom is -0.367 e. The monoisotopic (exact) mass is 367 g/mol. The third-order valence-corrected chi connectivity index (χ3v) is 4.73. The lowest BCUT2D eigenvalue weighted by Gasteiger charge is -2.30. The van der Waals surface area contributed by atoms with Crippen molar-refractivity contribution in [2.75, 3.05) is 11.4 Å². The maximum Gasteiger partial charge on any atom is 0.0487 e. The zero-order chi connectivity index (χ0) is 12.9. The van der Waals surface area contributed by atoms with Crippen LogP contribution in [0.1, 0.15) is 33.3 Å². The first-order valence-electron chi connectivity index (χ1n) is 6.86. The number of likely N-dealkylation sites (N-methyl/N-ethyl adjacent to an activating group) is 1. The van der Waals surface area contributed by atoms with E-state index in [1.165, 1.54) is 22.0 Å². The van der Waals surface area contributed by atoms with Crippen molar-refractivity contribution < 1.29 is 0 Å². The fourth-order valence-electron chi connectivity index (χ4n) is 3.32. The summed E-state index contributed by atoms with van der Waals surface area (Å²) in [6.07, 6.45) is 0. The lowest BCUT2D eigenvalue weighted by atomic mass is 9.81. The van der Waals surface area contributed by atoms with E-state index in [0.29, 0.717) is 6.04 Å². The van der Waals surface area contributed by atoms with E-state index in [4.69, 9.17) is 0 Å². The Bertz CT molecular complexity index is 603. The Balaban J connectivity index is 0.00000133. The highest BCUT2D eigenvalue weighted by Crippen LogP contribution is 2.48. The summed E-state index contributed by atoms with van der Waals surface area (Å²) < 4.78 is 0. The summed E-state index contributed by atoms with van der Waals surface area (Å²) in [5, 5.41) is 2.74. The highest BCUT2D eigenvalue weighted by Gasteiger charge is 2.41. The third kappa shape index (κ3) is 1.95. The molecule has 0 saturated heterocycles. The summed E-state index contributed by atoms with van der Waals surface area (Å²) in [5.41, 5.74) is 3.18. The topological polar surface area (TPSA) is 3.24 Å². The molecular formula is C17H22IN. The molecule has 1 nitrogen and oxygen atoms in total. The van der Waals surface area contributed by atoms with Crippen molar-refractivity contribution in [3.63, 3.8) is 0 Å². The number of hydrogen-bond acceptors (Lipinski definition) is 1. The second-order valence-corrected chi connectivity index (χ2v) is 5.87. The SMILES string of the molecule is CCN1c2c(ccc3ccccc23)C(C)(C)C1C.I. The molecule has 19 heavy (non-hydrogen) atoms. The quantitative estimate of drug-likeness (QED) is 0.644. The predicted octanol–water partition coefficient (Wildman–Crippen LogP) is 4.96. The number of anilines is 1. The molecule has 0 bridgehead atoms. The number of hydrogen-bond donors (Lipinski definition) is 0. The summed E-state index contributed by atoms with van der Waals surface area (Å²) in [6.45, 7) is 10.4. The van der Waals surface area contributed by atoms with Crippen molar-refractivity contribution in [1.29, 1.82) is 0 Å². The molecule has 2 aromatic rings. The second kappa shape index (κ2) is 4.97. The van der Waals surface area contributed by atoms with E-state index < -0.39 is 0 Å². The van der Waals surface area contributed by atoms with Gasteiger partial charge < -0.3 is 4.90 Å². The first kappa shape index (κ1) is 14.6. The van der Waals surface area contributed by atoms with Gasteiger partial charge in [0.25, 0.3) is 0 Å². The van der Waals surface area contributed by atoms with Crippen molar-refractivity contribution in [1.82, 2.24) is 0 Å². The van der Waals surface area contributed by atoms with Crippen molar-refractivity contribution in [2.24, 2.45) is 0 Å². The molecule has 1 unspecified atom stereocenters. The van der Waals surface area contributed by atoms with Crippen molar-refractivity contribution in [3.8, 4) is 0 Å². The molecule has 0 aliphatic carbocycles. The van der Waals surface area contributed by atoms with Crippen LogP contribution in [0.25, 0.3) is 10.8 Å². The molecule has 0 amide bonds. The molecule has 0 aromatic heterocycles. The largest absolute Gasteiger partial charge is 0.367 e. The van der Waals surface area contributed by atoms with E-state index in [-0.39, 0.29) is 29.4 Å². The summed E-state index contributed by atoms with van der Waals surface area (Å²) >= 11 is 0. The molecule has 3 rings (SSSR count). The molecule has 1 heterocycles. The zero-order valence-corrected chi connectivity index (χ0v) is 14.4. The Morgan fingerprint density at radius 3 is 2.47 bits per heavy atom. The van der Waals surface area contributed by atoms with Gasteiger partial charge in [-0.15, -0.1) is 24.0 Å². The Morgan fingerprint density at radius 1 is 1.11 bits per heavy atom. The van der Waals surface area contributed by atoms with Crippen LogP contribution in [0.15, 0.2) is 36.4 Å². The standard InChI is InChI=1S/C17H21N.HI/c1-5-18-12(2)17(3,4)15-11-10-13-8-6-7-9-14(13)16(15)18;/h6-12H,5H2,1-4H3;1H. The molecule has 2 aromatic carbocycles. The molecule has 102 valence electrons. The van der Waals surface area contributed by atoms with E-state index >= 15 is 0 Å².